The third-order valence-electron chi connectivity index (χ3n) is 3.82. The van der Waals surface area contributed by atoms with Crippen LogP contribution < -0.4 is 4.90 Å². The van der Waals surface area contributed by atoms with Crippen molar-refractivity contribution >= 4 is 17.4 Å². The lowest BCUT2D eigenvalue weighted by Gasteiger charge is -2.26. The lowest BCUT2D eigenvalue weighted by molar-refractivity contribution is 0.644. The molecule has 0 N–H and O–H groups in total. The normalized spacial score (nSPS) is 16.2. The van der Waals surface area contributed by atoms with Crippen LogP contribution in [0.15, 0.2) is 12.1 Å². The van der Waals surface area contributed by atoms with Crippen LogP contribution in [0.3, 0.4) is 0 Å². The minimum absolute atomic E-state index is 0.574. The number of aromatic nitrogens is 1. The summed E-state index contributed by atoms with van der Waals surface area (Å²) < 4.78 is 0. The summed E-state index contributed by atoms with van der Waals surface area (Å²) in [4.78, 5) is 7.13. The van der Waals surface area contributed by atoms with E-state index < -0.39 is 0 Å². The van der Waals surface area contributed by atoms with Crippen molar-refractivity contribution in [2.24, 2.45) is 0 Å². The molecule has 1 aromatic rings. The fourth-order valence-electron chi connectivity index (χ4n) is 2.75. The Kier molecular flexibility index (Phi) is 4.87. The minimum Gasteiger partial charge on any atom is -0.357 e. The number of anilines is 1. The molecule has 1 aliphatic carbocycles. The molecule has 2 nitrogen and oxygen atoms in total. The first-order chi connectivity index (χ1) is 8.74. The molecule has 3 heteroatoms. The quantitative estimate of drug-likeness (QED) is 0.745. The summed E-state index contributed by atoms with van der Waals surface area (Å²) in [5, 5.41) is 0. The van der Waals surface area contributed by atoms with Crippen molar-refractivity contribution in [3.8, 4) is 0 Å². The first-order valence-corrected chi connectivity index (χ1v) is 7.56. The topological polar surface area (TPSA) is 16.1 Å². The molecule has 1 saturated carbocycles. The summed E-state index contributed by atoms with van der Waals surface area (Å²) in [5.41, 5.74) is 2.37. The van der Waals surface area contributed by atoms with Crippen molar-refractivity contribution in [3.63, 3.8) is 0 Å². The number of alkyl halides is 1. The molecule has 0 bridgehead atoms. The highest BCUT2D eigenvalue weighted by atomic mass is 35.5. The highest BCUT2D eigenvalue weighted by molar-refractivity contribution is 6.17. The van der Waals surface area contributed by atoms with Gasteiger partial charge in [0.2, 0.25) is 0 Å². The molecule has 1 fully saturated rings. The van der Waals surface area contributed by atoms with Gasteiger partial charge in [0.25, 0.3) is 0 Å². The molecule has 0 amide bonds. The molecule has 1 aromatic heterocycles. The summed E-state index contributed by atoms with van der Waals surface area (Å²) in [5.74, 6) is 1.67. The van der Waals surface area contributed by atoms with E-state index in [0.717, 1.165) is 18.7 Å². The second-order valence-electron chi connectivity index (χ2n) is 5.26. The average molecular weight is 267 g/mol. The SMILES string of the molecule is CCCc1cc(CCl)cc(N(C)C2CCCC2)n1. The van der Waals surface area contributed by atoms with Crippen LogP contribution >= 0.6 is 11.6 Å². The molecule has 100 valence electrons. The molecular formula is C15H23ClN2. The van der Waals surface area contributed by atoms with Crippen LogP contribution in [-0.2, 0) is 12.3 Å². The molecule has 0 atom stereocenters. The third-order valence-corrected chi connectivity index (χ3v) is 4.13. The van der Waals surface area contributed by atoms with Gasteiger partial charge in [0.15, 0.2) is 0 Å². The molecule has 1 heterocycles. The molecule has 0 aliphatic heterocycles. The first kappa shape index (κ1) is 13.7. The van der Waals surface area contributed by atoms with E-state index in [9.17, 15) is 0 Å². The van der Waals surface area contributed by atoms with Crippen molar-refractivity contribution in [1.82, 2.24) is 4.98 Å². The monoisotopic (exact) mass is 266 g/mol. The Labute approximate surface area is 115 Å². The van der Waals surface area contributed by atoms with E-state index >= 15 is 0 Å². The van der Waals surface area contributed by atoms with Crippen molar-refractivity contribution in [2.75, 3.05) is 11.9 Å². The van der Waals surface area contributed by atoms with E-state index in [4.69, 9.17) is 16.6 Å². The van der Waals surface area contributed by atoms with Crippen LogP contribution in [0.1, 0.15) is 50.3 Å². The highest BCUT2D eigenvalue weighted by Crippen LogP contribution is 2.27. The molecule has 0 radical (unpaired) electrons. The number of hydrogen-bond donors (Lipinski definition) is 0. The number of rotatable bonds is 5. The van der Waals surface area contributed by atoms with Crippen LogP contribution in [0.5, 0.6) is 0 Å². The predicted molar refractivity (Wildman–Crippen MR) is 78.4 cm³/mol. The van der Waals surface area contributed by atoms with Gasteiger partial charge in [-0.05, 0) is 37.0 Å². The van der Waals surface area contributed by atoms with E-state index in [1.54, 1.807) is 0 Å². The maximum absolute atomic E-state index is 5.99. The largest absolute Gasteiger partial charge is 0.357 e. The van der Waals surface area contributed by atoms with Gasteiger partial charge in [0.1, 0.15) is 5.82 Å². The van der Waals surface area contributed by atoms with E-state index in [2.05, 4.69) is 31.0 Å². The molecular weight excluding hydrogens is 244 g/mol. The molecule has 18 heavy (non-hydrogen) atoms. The zero-order valence-corrected chi connectivity index (χ0v) is 12.2. The van der Waals surface area contributed by atoms with Gasteiger partial charge in [-0.1, -0.05) is 26.2 Å². The zero-order chi connectivity index (χ0) is 13.0. The van der Waals surface area contributed by atoms with Crippen LogP contribution in [0, 0.1) is 0 Å². The smallest absolute Gasteiger partial charge is 0.129 e. The number of pyridine rings is 1. The summed E-state index contributed by atoms with van der Waals surface area (Å²) in [6, 6.07) is 4.95. The number of halogens is 1. The second kappa shape index (κ2) is 6.42. The summed E-state index contributed by atoms with van der Waals surface area (Å²) >= 11 is 5.99. The summed E-state index contributed by atoms with van der Waals surface area (Å²) in [6.45, 7) is 2.19. The Bertz CT molecular complexity index is 386. The van der Waals surface area contributed by atoms with Gasteiger partial charge in [0.05, 0.1) is 0 Å². The van der Waals surface area contributed by atoms with Gasteiger partial charge < -0.3 is 4.90 Å². The standard InChI is InChI=1S/C15H23ClN2/c1-3-6-13-9-12(11-16)10-15(17-13)18(2)14-7-4-5-8-14/h9-10,14H,3-8,11H2,1-2H3. The molecule has 1 aliphatic rings. The number of hydrogen-bond acceptors (Lipinski definition) is 2. The van der Waals surface area contributed by atoms with Gasteiger partial charge >= 0.3 is 0 Å². The van der Waals surface area contributed by atoms with Gasteiger partial charge in [0, 0.05) is 24.7 Å². The molecule has 2 rings (SSSR count). The van der Waals surface area contributed by atoms with E-state index in [0.29, 0.717) is 11.9 Å². The summed E-state index contributed by atoms with van der Waals surface area (Å²) in [6.07, 6.45) is 7.47. The Hall–Kier alpha value is -0.760. The average Bonchev–Trinajstić information content (AvgIpc) is 2.91. The predicted octanol–water partition coefficient (Wildman–Crippen LogP) is 4.15. The van der Waals surface area contributed by atoms with Crippen LogP contribution in [0.25, 0.3) is 0 Å². The molecule has 0 unspecified atom stereocenters. The Morgan fingerprint density at radius 3 is 2.67 bits per heavy atom. The fraction of sp³-hybridized carbons (Fsp3) is 0.667. The van der Waals surface area contributed by atoms with Gasteiger partial charge in [-0.15, -0.1) is 11.6 Å². The van der Waals surface area contributed by atoms with E-state index in [-0.39, 0.29) is 0 Å². The van der Waals surface area contributed by atoms with E-state index in [1.807, 2.05) is 0 Å². The number of nitrogens with zero attached hydrogens (tertiary/aromatic N) is 2. The molecule has 0 spiro atoms. The van der Waals surface area contributed by atoms with Gasteiger partial charge in [-0.25, -0.2) is 4.98 Å². The van der Waals surface area contributed by atoms with Crippen LogP contribution in [0.4, 0.5) is 5.82 Å². The second-order valence-corrected chi connectivity index (χ2v) is 5.53. The lowest BCUT2D eigenvalue weighted by atomic mass is 10.1. The third kappa shape index (κ3) is 3.17. The Morgan fingerprint density at radius 2 is 2.06 bits per heavy atom. The van der Waals surface area contributed by atoms with Gasteiger partial charge in [-0.3, -0.25) is 0 Å². The molecule has 0 saturated heterocycles. The Morgan fingerprint density at radius 1 is 1.33 bits per heavy atom. The highest BCUT2D eigenvalue weighted by Gasteiger charge is 2.21. The van der Waals surface area contributed by atoms with Crippen LogP contribution in [-0.4, -0.2) is 18.1 Å². The molecule has 0 aromatic carbocycles. The number of aryl methyl sites for hydroxylation is 1. The van der Waals surface area contributed by atoms with Crippen LogP contribution in [0.2, 0.25) is 0 Å². The summed E-state index contributed by atoms with van der Waals surface area (Å²) in [7, 11) is 2.17. The lowest BCUT2D eigenvalue weighted by Crippen LogP contribution is -2.29. The van der Waals surface area contributed by atoms with Crippen molar-refractivity contribution in [1.29, 1.82) is 0 Å². The zero-order valence-electron chi connectivity index (χ0n) is 11.5. The fourth-order valence-corrected chi connectivity index (χ4v) is 2.91. The van der Waals surface area contributed by atoms with Crippen molar-refractivity contribution in [3.05, 3.63) is 23.4 Å². The maximum atomic E-state index is 5.99. The van der Waals surface area contributed by atoms with Gasteiger partial charge in [-0.2, -0.15) is 0 Å². The first-order valence-electron chi connectivity index (χ1n) is 7.03. The van der Waals surface area contributed by atoms with Crippen molar-refractivity contribution < 1.29 is 0 Å². The van der Waals surface area contributed by atoms with Crippen molar-refractivity contribution in [2.45, 2.75) is 57.4 Å². The minimum atomic E-state index is 0.574. The maximum Gasteiger partial charge on any atom is 0.129 e. The Balaban J connectivity index is 2.21. The van der Waals surface area contributed by atoms with E-state index in [1.165, 1.54) is 36.9 Å².